The molecule has 9 heteroatoms. The number of aryl methyl sites for hydroxylation is 2. The summed E-state index contributed by atoms with van der Waals surface area (Å²) in [7, 11) is 3.54. The van der Waals surface area contributed by atoms with E-state index in [-0.39, 0.29) is 24.1 Å². The number of ketones is 1. The van der Waals surface area contributed by atoms with Gasteiger partial charge in [0, 0.05) is 20.6 Å². The third-order valence-electron chi connectivity index (χ3n) is 5.83. The molecule has 172 valence electrons. The van der Waals surface area contributed by atoms with Crippen molar-refractivity contribution in [2.45, 2.75) is 19.9 Å². The standard InChI is InChI=1S/C25H23N5O4/c1-16-7-6-8-17-23(16)27-15-30(25(17)33)12-11-22(32)34-14-21(31)18(13-26)24-28(2)19-9-4-5-10-20(19)29(24)3/h4-10,15H,11-12,14H2,1-3H3. The fourth-order valence-corrected chi connectivity index (χ4v) is 4.06. The molecule has 3 aromatic rings. The fraction of sp³-hybridized carbons (Fsp3) is 0.240. The molecule has 1 aliphatic heterocycles. The van der Waals surface area contributed by atoms with Gasteiger partial charge in [0.2, 0.25) is 5.78 Å². The number of carbonyl (C=O) groups is 2. The van der Waals surface area contributed by atoms with Gasteiger partial charge in [0.25, 0.3) is 5.56 Å². The molecule has 0 atom stereocenters. The van der Waals surface area contributed by atoms with Gasteiger partial charge in [0.1, 0.15) is 17.5 Å². The minimum absolute atomic E-state index is 0.0652. The number of rotatable bonds is 6. The van der Waals surface area contributed by atoms with Gasteiger partial charge in [-0.15, -0.1) is 0 Å². The van der Waals surface area contributed by atoms with E-state index < -0.39 is 18.4 Å². The summed E-state index contributed by atoms with van der Waals surface area (Å²) >= 11 is 0. The summed E-state index contributed by atoms with van der Waals surface area (Å²) in [6.07, 6.45) is 1.29. The van der Waals surface area contributed by atoms with E-state index in [1.807, 2.05) is 43.3 Å². The highest BCUT2D eigenvalue weighted by molar-refractivity contribution is 6.03. The highest BCUT2D eigenvalue weighted by Gasteiger charge is 2.31. The predicted molar refractivity (Wildman–Crippen MR) is 127 cm³/mol. The second-order valence-corrected chi connectivity index (χ2v) is 7.97. The molecule has 0 amide bonds. The fourth-order valence-electron chi connectivity index (χ4n) is 4.06. The maximum atomic E-state index is 12.7. The van der Waals surface area contributed by atoms with E-state index in [0.717, 1.165) is 16.9 Å². The molecule has 0 bridgehead atoms. The molecule has 0 saturated carbocycles. The van der Waals surface area contributed by atoms with Crippen LogP contribution in [-0.2, 0) is 20.9 Å². The van der Waals surface area contributed by atoms with Gasteiger partial charge in [0.05, 0.1) is 35.0 Å². The van der Waals surface area contributed by atoms with E-state index >= 15 is 0 Å². The smallest absolute Gasteiger partial charge is 0.308 e. The van der Waals surface area contributed by atoms with Crippen molar-refractivity contribution in [3.8, 4) is 6.07 Å². The molecule has 1 aromatic heterocycles. The summed E-state index contributed by atoms with van der Waals surface area (Å²) in [4.78, 5) is 45.5. The number of anilines is 2. The molecule has 9 nitrogen and oxygen atoms in total. The summed E-state index contributed by atoms with van der Waals surface area (Å²) in [5, 5.41) is 10.1. The van der Waals surface area contributed by atoms with Gasteiger partial charge < -0.3 is 14.5 Å². The first-order chi connectivity index (χ1) is 16.3. The third-order valence-corrected chi connectivity index (χ3v) is 5.83. The summed E-state index contributed by atoms with van der Waals surface area (Å²) in [5.41, 5.74) is 2.89. The number of ether oxygens (including phenoxy) is 1. The van der Waals surface area contributed by atoms with E-state index in [1.54, 1.807) is 36.0 Å². The number of carbonyl (C=O) groups excluding carboxylic acids is 2. The van der Waals surface area contributed by atoms with Crippen LogP contribution in [0.15, 0.2) is 65.0 Å². The Hall–Kier alpha value is -4.45. The lowest BCUT2D eigenvalue weighted by Gasteiger charge is -2.19. The molecule has 34 heavy (non-hydrogen) atoms. The van der Waals surface area contributed by atoms with Gasteiger partial charge in [-0.05, 0) is 30.7 Å². The van der Waals surface area contributed by atoms with Gasteiger partial charge in [-0.25, -0.2) is 4.98 Å². The zero-order chi connectivity index (χ0) is 24.4. The number of benzene rings is 2. The van der Waals surface area contributed by atoms with E-state index in [0.29, 0.717) is 16.7 Å². The topological polar surface area (TPSA) is 109 Å². The van der Waals surface area contributed by atoms with Crippen molar-refractivity contribution in [1.82, 2.24) is 9.55 Å². The van der Waals surface area contributed by atoms with Gasteiger partial charge in [-0.1, -0.05) is 24.3 Å². The van der Waals surface area contributed by atoms with Crippen LogP contribution in [0.4, 0.5) is 11.4 Å². The lowest BCUT2D eigenvalue weighted by atomic mass is 10.1. The van der Waals surface area contributed by atoms with Crippen LogP contribution in [-0.4, -0.2) is 42.0 Å². The van der Waals surface area contributed by atoms with Crippen LogP contribution in [0.25, 0.3) is 10.9 Å². The van der Waals surface area contributed by atoms with Crippen LogP contribution in [0.2, 0.25) is 0 Å². The van der Waals surface area contributed by atoms with E-state index in [1.165, 1.54) is 10.9 Å². The number of esters is 1. The van der Waals surface area contributed by atoms with Gasteiger partial charge in [-0.3, -0.25) is 19.0 Å². The average molecular weight is 457 g/mol. The molecule has 0 radical (unpaired) electrons. The highest BCUT2D eigenvalue weighted by Crippen LogP contribution is 2.40. The molecule has 4 rings (SSSR count). The first-order valence-electron chi connectivity index (χ1n) is 10.7. The van der Waals surface area contributed by atoms with Crippen molar-refractivity contribution in [2.75, 3.05) is 30.5 Å². The Morgan fingerprint density at radius 1 is 1.06 bits per heavy atom. The number of Topliss-reactive ketones (excluding diaryl/α,β-unsaturated/α-hetero) is 1. The zero-order valence-electron chi connectivity index (χ0n) is 19.1. The monoisotopic (exact) mass is 457 g/mol. The molecule has 0 unspecified atom stereocenters. The van der Waals surface area contributed by atoms with Gasteiger partial charge >= 0.3 is 5.97 Å². The highest BCUT2D eigenvalue weighted by atomic mass is 16.5. The maximum Gasteiger partial charge on any atom is 0.308 e. The minimum atomic E-state index is -0.650. The number of nitriles is 1. The van der Waals surface area contributed by atoms with Crippen molar-refractivity contribution in [3.63, 3.8) is 0 Å². The summed E-state index contributed by atoms with van der Waals surface area (Å²) in [6, 6.07) is 14.8. The van der Waals surface area contributed by atoms with Crippen LogP contribution in [0.1, 0.15) is 12.0 Å². The summed E-state index contributed by atoms with van der Waals surface area (Å²) in [5.74, 6) is -0.825. The van der Waals surface area contributed by atoms with Crippen LogP contribution in [0.5, 0.6) is 0 Å². The SMILES string of the molecule is Cc1cccc2c(=O)n(CCC(=O)OCC(=O)C(C#N)=C3N(C)c4ccccc4N3C)cnc12. The molecular weight excluding hydrogens is 434 g/mol. The number of hydrogen-bond donors (Lipinski definition) is 0. The molecular formula is C25H23N5O4. The van der Waals surface area contributed by atoms with Crippen LogP contribution >= 0.6 is 0 Å². The first kappa shape index (κ1) is 22.7. The molecule has 1 aliphatic rings. The van der Waals surface area contributed by atoms with Crippen molar-refractivity contribution in [1.29, 1.82) is 5.26 Å². The molecule has 0 fully saturated rings. The van der Waals surface area contributed by atoms with E-state index in [4.69, 9.17) is 4.74 Å². The Kier molecular flexibility index (Phi) is 6.15. The number of hydrogen-bond acceptors (Lipinski definition) is 8. The van der Waals surface area contributed by atoms with Crippen LogP contribution < -0.4 is 15.4 Å². The zero-order valence-corrected chi connectivity index (χ0v) is 19.1. The maximum absolute atomic E-state index is 12.7. The van der Waals surface area contributed by atoms with E-state index in [9.17, 15) is 19.6 Å². The normalized spacial score (nSPS) is 12.5. The Morgan fingerprint density at radius 3 is 2.38 bits per heavy atom. The van der Waals surface area contributed by atoms with E-state index in [2.05, 4.69) is 4.98 Å². The van der Waals surface area contributed by atoms with Crippen LogP contribution in [0, 0.1) is 18.3 Å². The molecule has 0 spiro atoms. The predicted octanol–water partition coefficient (Wildman–Crippen LogP) is 2.53. The Morgan fingerprint density at radius 2 is 1.74 bits per heavy atom. The minimum Gasteiger partial charge on any atom is -0.457 e. The van der Waals surface area contributed by atoms with Crippen molar-refractivity contribution in [3.05, 3.63) is 76.1 Å². The lowest BCUT2D eigenvalue weighted by Crippen LogP contribution is -2.28. The van der Waals surface area contributed by atoms with Gasteiger partial charge in [-0.2, -0.15) is 5.26 Å². The average Bonchev–Trinajstić information content (AvgIpc) is 3.09. The number of aromatic nitrogens is 2. The molecule has 0 aliphatic carbocycles. The quantitative estimate of drug-likeness (QED) is 0.316. The Labute approximate surface area is 196 Å². The Bertz CT molecular complexity index is 1400. The van der Waals surface area contributed by atoms with Crippen LogP contribution in [0.3, 0.4) is 0 Å². The molecule has 2 heterocycles. The first-order valence-corrected chi connectivity index (χ1v) is 10.7. The van der Waals surface area contributed by atoms with Crippen molar-refractivity contribution < 1.29 is 14.3 Å². The number of nitrogens with zero attached hydrogens (tertiary/aromatic N) is 5. The van der Waals surface area contributed by atoms with Crippen molar-refractivity contribution in [2.24, 2.45) is 0 Å². The molecule has 2 aromatic carbocycles. The largest absolute Gasteiger partial charge is 0.457 e. The molecule has 0 saturated heterocycles. The molecule has 0 N–H and O–H groups in total. The number of para-hydroxylation sites is 3. The van der Waals surface area contributed by atoms with Gasteiger partial charge in [0.15, 0.2) is 6.61 Å². The Balaban J connectivity index is 1.42. The third kappa shape index (κ3) is 4.01. The summed E-state index contributed by atoms with van der Waals surface area (Å²) < 4.78 is 6.46. The lowest BCUT2D eigenvalue weighted by molar-refractivity contribution is -0.147. The van der Waals surface area contributed by atoms with Crippen molar-refractivity contribution >= 4 is 34.0 Å². The second kappa shape index (κ2) is 9.19. The summed E-state index contributed by atoms with van der Waals surface area (Å²) in [6.45, 7) is 1.38. The second-order valence-electron chi connectivity index (χ2n) is 7.97. The number of fused-ring (bicyclic) bond motifs is 2.